The second kappa shape index (κ2) is 8.23. The fourth-order valence-corrected chi connectivity index (χ4v) is 7.42. The lowest BCUT2D eigenvalue weighted by Gasteiger charge is -2.30. The number of nitrogens with one attached hydrogen (secondary N) is 1. The average Bonchev–Trinajstić information content (AvgIpc) is 3.77. The van der Waals surface area contributed by atoms with Crippen molar-refractivity contribution < 1.29 is 12.9 Å². The van der Waals surface area contributed by atoms with Crippen LogP contribution < -0.4 is 4.72 Å². The summed E-state index contributed by atoms with van der Waals surface area (Å²) < 4.78 is 38.5. The maximum atomic E-state index is 14.0. The van der Waals surface area contributed by atoms with Crippen LogP contribution in [0.15, 0.2) is 34.2 Å². The normalized spacial score (nSPS) is 25.1. The van der Waals surface area contributed by atoms with Gasteiger partial charge < -0.3 is 9.09 Å². The van der Waals surface area contributed by atoms with Crippen LogP contribution in [0.3, 0.4) is 0 Å². The van der Waals surface area contributed by atoms with Crippen LogP contribution in [0.5, 0.6) is 0 Å². The zero-order valence-electron chi connectivity index (χ0n) is 19.6. The lowest BCUT2D eigenvalue weighted by atomic mass is 9.91. The molecule has 0 bridgehead atoms. The molecule has 0 aliphatic heterocycles. The van der Waals surface area contributed by atoms with Gasteiger partial charge in [-0.25, -0.2) is 13.1 Å². The van der Waals surface area contributed by atoms with E-state index in [-0.39, 0.29) is 23.9 Å². The highest BCUT2D eigenvalue weighted by atomic mass is 32.2. The molecular weight excluding hydrogens is 464 g/mol. The van der Waals surface area contributed by atoms with E-state index in [2.05, 4.69) is 25.1 Å². The Morgan fingerprint density at radius 3 is 2.17 bits per heavy atom. The van der Waals surface area contributed by atoms with Gasteiger partial charge in [0.15, 0.2) is 0 Å². The summed E-state index contributed by atoms with van der Waals surface area (Å²) in [7, 11) is -3.68. The molecule has 0 radical (unpaired) electrons. The smallest absolute Gasteiger partial charge is 0.241 e. The summed E-state index contributed by atoms with van der Waals surface area (Å²) in [6, 6.07) is 4.15. The maximum absolute atomic E-state index is 14.0. The Hall–Kier alpha value is -2.59. The van der Waals surface area contributed by atoms with Gasteiger partial charge in [0.2, 0.25) is 21.7 Å². The molecule has 1 aromatic carbocycles. The van der Waals surface area contributed by atoms with Crippen molar-refractivity contribution in [3.63, 3.8) is 0 Å². The van der Waals surface area contributed by atoms with Crippen LogP contribution in [0.4, 0.5) is 0 Å². The fraction of sp³-hybridized carbons (Fsp3) is 0.600. The molecule has 1 N–H and O–H groups in total. The summed E-state index contributed by atoms with van der Waals surface area (Å²) in [5.74, 6) is 2.24. The van der Waals surface area contributed by atoms with Gasteiger partial charge >= 0.3 is 0 Å². The topological polar surface area (TPSA) is 116 Å². The van der Waals surface area contributed by atoms with Crippen molar-refractivity contribution in [2.75, 3.05) is 0 Å². The third kappa shape index (κ3) is 4.31. The van der Waals surface area contributed by atoms with Gasteiger partial charge in [0.1, 0.15) is 12.7 Å². The van der Waals surface area contributed by atoms with Crippen molar-refractivity contribution >= 4 is 10.0 Å². The van der Waals surface area contributed by atoms with Crippen LogP contribution in [0.1, 0.15) is 105 Å². The van der Waals surface area contributed by atoms with Crippen molar-refractivity contribution in [3.05, 3.63) is 41.8 Å². The molecule has 2 heterocycles. The molecule has 0 unspecified atom stereocenters. The highest BCUT2D eigenvalue weighted by Crippen LogP contribution is 2.51. The zero-order valence-corrected chi connectivity index (χ0v) is 20.5. The second-order valence-electron chi connectivity index (χ2n) is 10.8. The minimum Gasteiger partial charge on any atom is -0.339 e. The van der Waals surface area contributed by atoms with Crippen molar-refractivity contribution in [2.45, 2.75) is 98.9 Å². The molecule has 9 nitrogen and oxygen atoms in total. The van der Waals surface area contributed by atoms with Crippen molar-refractivity contribution in [3.8, 4) is 11.4 Å². The average molecular weight is 495 g/mol. The van der Waals surface area contributed by atoms with E-state index in [0.29, 0.717) is 22.5 Å². The summed E-state index contributed by atoms with van der Waals surface area (Å²) in [6.07, 6.45) is 13.3. The number of rotatable bonds is 8. The van der Waals surface area contributed by atoms with Gasteiger partial charge in [-0.3, -0.25) is 0 Å². The first kappa shape index (κ1) is 21.7. The Labute approximate surface area is 204 Å². The number of benzene rings is 1. The number of sulfonamides is 1. The van der Waals surface area contributed by atoms with E-state index in [0.717, 1.165) is 80.9 Å². The Morgan fingerprint density at radius 1 is 0.886 bits per heavy atom. The molecule has 184 valence electrons. The second-order valence-corrected chi connectivity index (χ2v) is 12.5. The summed E-state index contributed by atoms with van der Waals surface area (Å²) in [6.45, 7) is 0. The molecule has 0 amide bonds. The Kier molecular flexibility index (Phi) is 5.10. The van der Waals surface area contributed by atoms with Gasteiger partial charge in [-0.1, -0.05) is 5.16 Å². The maximum Gasteiger partial charge on any atom is 0.241 e. The molecule has 2 atom stereocenters. The summed E-state index contributed by atoms with van der Waals surface area (Å²) in [4.78, 5) is 5.16. The third-order valence-electron chi connectivity index (χ3n) is 7.90. The number of nitrogens with zero attached hydrogens (tertiary/aromatic N) is 5. The number of hydrogen-bond acceptors (Lipinski definition) is 7. The van der Waals surface area contributed by atoms with E-state index in [1.807, 2.05) is 16.7 Å². The van der Waals surface area contributed by atoms with E-state index >= 15 is 0 Å². The number of aromatic nitrogens is 5. The molecule has 3 aromatic rings. The quantitative estimate of drug-likeness (QED) is 0.493. The van der Waals surface area contributed by atoms with E-state index in [4.69, 9.17) is 4.52 Å². The van der Waals surface area contributed by atoms with Crippen LogP contribution >= 0.6 is 0 Å². The van der Waals surface area contributed by atoms with Crippen LogP contribution in [-0.4, -0.2) is 39.4 Å². The first-order valence-electron chi connectivity index (χ1n) is 12.9. The third-order valence-corrected chi connectivity index (χ3v) is 9.56. The molecule has 0 saturated heterocycles. The highest BCUT2D eigenvalue weighted by Gasteiger charge is 2.39. The van der Waals surface area contributed by atoms with Crippen molar-refractivity contribution in [2.24, 2.45) is 0 Å². The van der Waals surface area contributed by atoms with E-state index in [9.17, 15) is 8.42 Å². The molecule has 4 aliphatic rings. The van der Waals surface area contributed by atoms with E-state index in [1.54, 1.807) is 12.7 Å². The van der Waals surface area contributed by atoms with Gasteiger partial charge in [-0.2, -0.15) is 4.98 Å². The van der Waals surface area contributed by atoms with E-state index < -0.39 is 10.0 Å². The number of hydrogen-bond donors (Lipinski definition) is 1. The predicted octanol–water partition coefficient (Wildman–Crippen LogP) is 4.42. The lowest BCUT2D eigenvalue weighted by molar-refractivity contribution is 0.305. The molecule has 2 aromatic heterocycles. The monoisotopic (exact) mass is 494 g/mol. The van der Waals surface area contributed by atoms with Crippen LogP contribution in [-0.2, 0) is 10.0 Å². The minimum atomic E-state index is -3.68. The lowest BCUT2D eigenvalue weighted by Crippen LogP contribution is -2.39. The van der Waals surface area contributed by atoms with Crippen molar-refractivity contribution in [1.82, 2.24) is 29.6 Å². The molecule has 35 heavy (non-hydrogen) atoms. The standard InChI is InChI=1S/C25H30N6O3S/c32-35(33,30-19-2-1-3-20(12-19)31-13-26-27-14-31)23-21(15-4-5-15)10-18(11-22(23)16-6-7-16)24-28-25(34-29-24)17-8-9-17/h10-11,13-17,19-20,30H,1-9,12H2/t19-,20+/m0/s1. The van der Waals surface area contributed by atoms with Crippen LogP contribution in [0.25, 0.3) is 11.4 Å². The zero-order chi connectivity index (χ0) is 23.6. The molecule has 10 heteroatoms. The minimum absolute atomic E-state index is 0.0989. The van der Waals surface area contributed by atoms with Gasteiger partial charge in [-0.15, -0.1) is 10.2 Å². The largest absolute Gasteiger partial charge is 0.339 e. The first-order valence-corrected chi connectivity index (χ1v) is 14.4. The highest BCUT2D eigenvalue weighted by molar-refractivity contribution is 7.89. The van der Waals surface area contributed by atoms with Gasteiger partial charge in [-0.05, 0) is 99.3 Å². The van der Waals surface area contributed by atoms with Gasteiger partial charge in [0, 0.05) is 23.6 Å². The molecule has 4 saturated carbocycles. The van der Waals surface area contributed by atoms with Gasteiger partial charge in [0.05, 0.1) is 4.90 Å². The Morgan fingerprint density at radius 2 is 1.54 bits per heavy atom. The van der Waals surface area contributed by atoms with Crippen molar-refractivity contribution in [1.29, 1.82) is 0 Å². The molecule has 0 spiro atoms. The summed E-state index contributed by atoms with van der Waals surface area (Å²) >= 11 is 0. The fourth-order valence-electron chi connectivity index (χ4n) is 5.58. The summed E-state index contributed by atoms with van der Waals surface area (Å²) in [5, 5.41) is 12.1. The van der Waals surface area contributed by atoms with E-state index in [1.165, 1.54) is 0 Å². The molecular formula is C25H30N6O3S. The molecule has 7 rings (SSSR count). The summed E-state index contributed by atoms with van der Waals surface area (Å²) in [5.41, 5.74) is 2.75. The first-order chi connectivity index (χ1) is 17.0. The predicted molar refractivity (Wildman–Crippen MR) is 127 cm³/mol. The molecule has 4 aliphatic carbocycles. The Bertz CT molecular complexity index is 1310. The molecule has 4 fully saturated rings. The van der Waals surface area contributed by atoms with Crippen LogP contribution in [0.2, 0.25) is 0 Å². The van der Waals surface area contributed by atoms with Gasteiger partial charge in [0.25, 0.3) is 0 Å². The van der Waals surface area contributed by atoms with Crippen LogP contribution in [0, 0.1) is 0 Å². The Balaban J connectivity index is 1.23. The SMILES string of the molecule is O=S(=O)(N[C@H]1CCC[C@@H](n2cnnc2)C1)c1c(C2CC2)cc(-c2noc(C3CC3)n2)cc1C1CC1.